The number of hydrogen-bond donors (Lipinski definition) is 0. The Hall–Kier alpha value is -1.04. The van der Waals surface area contributed by atoms with Gasteiger partial charge in [-0.05, 0) is 30.2 Å². The van der Waals surface area contributed by atoms with Gasteiger partial charge in [-0.2, -0.15) is 0 Å². The summed E-state index contributed by atoms with van der Waals surface area (Å²) < 4.78 is 0. The molecule has 0 aliphatic rings. The first-order valence-electron chi connectivity index (χ1n) is 3.48. The zero-order chi connectivity index (χ0) is 7.23. The molecule has 0 amide bonds. The van der Waals surface area contributed by atoms with Gasteiger partial charge in [0.15, 0.2) is 0 Å². The predicted molar refractivity (Wildman–Crippen MR) is 43.4 cm³/mol. The zero-order valence-corrected chi connectivity index (χ0v) is 6.09. The van der Waals surface area contributed by atoms with Crippen molar-refractivity contribution in [2.75, 3.05) is 0 Å². The fourth-order valence-electron chi connectivity index (χ4n) is 0.707. The molecule has 0 unspecified atom stereocenters. The summed E-state index contributed by atoms with van der Waals surface area (Å²) in [6.45, 7) is 2.11. The van der Waals surface area contributed by atoms with Gasteiger partial charge < -0.3 is 0 Å². The standard InChI is InChI=1S/C10H10/c1-2-3-7-10-8-5-4-6-9-10/h3-5,7,9H,2H2,1H3/b7-3+. The van der Waals surface area contributed by atoms with E-state index in [4.69, 9.17) is 0 Å². The molecule has 0 bridgehead atoms. The van der Waals surface area contributed by atoms with E-state index in [0.717, 1.165) is 12.0 Å². The topological polar surface area (TPSA) is 0 Å². The maximum Gasteiger partial charge on any atom is -0.0105 e. The maximum atomic E-state index is 3.09. The Morgan fingerprint density at radius 3 is 3.00 bits per heavy atom. The lowest BCUT2D eigenvalue weighted by Crippen LogP contribution is -1.68. The molecule has 1 aromatic carbocycles. The Balaban J connectivity index is 2.67. The molecule has 10 heavy (non-hydrogen) atoms. The maximum absolute atomic E-state index is 3.09. The minimum Gasteiger partial charge on any atom is -0.0842 e. The van der Waals surface area contributed by atoms with E-state index in [2.05, 4.69) is 31.2 Å². The first-order chi connectivity index (χ1) is 4.93. The van der Waals surface area contributed by atoms with E-state index in [9.17, 15) is 0 Å². The molecule has 0 aromatic heterocycles. The molecule has 0 saturated carbocycles. The van der Waals surface area contributed by atoms with Gasteiger partial charge in [0.1, 0.15) is 0 Å². The fourth-order valence-corrected chi connectivity index (χ4v) is 0.707. The van der Waals surface area contributed by atoms with E-state index in [1.807, 2.05) is 18.2 Å². The third-order valence-electron chi connectivity index (χ3n) is 1.20. The Bertz CT molecular complexity index is 197. The summed E-state index contributed by atoms with van der Waals surface area (Å²) in [5, 5.41) is 0. The van der Waals surface area contributed by atoms with Crippen molar-refractivity contribution in [3.8, 4) is 0 Å². The smallest absolute Gasteiger partial charge is 0.0105 e. The highest BCUT2D eigenvalue weighted by Crippen LogP contribution is 1.99. The van der Waals surface area contributed by atoms with Gasteiger partial charge in [0.25, 0.3) is 0 Å². The van der Waals surface area contributed by atoms with Crippen molar-refractivity contribution < 1.29 is 0 Å². The van der Waals surface area contributed by atoms with E-state index in [0.29, 0.717) is 0 Å². The number of hydrogen-bond acceptors (Lipinski definition) is 0. The highest BCUT2D eigenvalue weighted by atomic mass is 13.8. The van der Waals surface area contributed by atoms with Crippen molar-refractivity contribution in [3.05, 3.63) is 42.0 Å². The zero-order valence-electron chi connectivity index (χ0n) is 6.09. The van der Waals surface area contributed by atoms with Gasteiger partial charge in [-0.3, -0.25) is 0 Å². The van der Waals surface area contributed by atoms with Gasteiger partial charge in [0.2, 0.25) is 0 Å². The summed E-state index contributed by atoms with van der Waals surface area (Å²) in [7, 11) is 0. The SMILES string of the molecule is CC/C=C/c1[c]cc[c]c1. The molecule has 2 radical (unpaired) electrons. The highest BCUT2D eigenvalue weighted by Gasteiger charge is 1.80. The van der Waals surface area contributed by atoms with Gasteiger partial charge in [0, 0.05) is 0 Å². The molecule has 0 aliphatic heterocycles. The van der Waals surface area contributed by atoms with Gasteiger partial charge in [-0.1, -0.05) is 31.2 Å². The number of benzene rings is 1. The molecule has 0 aliphatic carbocycles. The van der Waals surface area contributed by atoms with Crippen LogP contribution in [-0.4, -0.2) is 0 Å². The molecule has 1 aromatic rings. The van der Waals surface area contributed by atoms with Crippen LogP contribution in [0.1, 0.15) is 18.9 Å². The van der Waals surface area contributed by atoms with Gasteiger partial charge in [0.05, 0.1) is 0 Å². The molecule has 0 heterocycles. The average molecular weight is 130 g/mol. The minimum atomic E-state index is 1.07. The highest BCUT2D eigenvalue weighted by molar-refractivity contribution is 5.47. The number of rotatable bonds is 2. The normalized spacial score (nSPS) is 10.5. The van der Waals surface area contributed by atoms with Crippen LogP contribution in [0.3, 0.4) is 0 Å². The summed E-state index contributed by atoms with van der Waals surface area (Å²) >= 11 is 0. The summed E-state index contributed by atoms with van der Waals surface area (Å²) in [5.74, 6) is 0. The Labute approximate surface area is 62.2 Å². The molecule has 0 spiro atoms. The average Bonchev–Trinajstić information content (AvgIpc) is 2.03. The van der Waals surface area contributed by atoms with Crippen molar-refractivity contribution in [1.82, 2.24) is 0 Å². The largest absolute Gasteiger partial charge is 0.0842 e. The van der Waals surface area contributed by atoms with Crippen LogP contribution in [0.4, 0.5) is 0 Å². The second kappa shape index (κ2) is 3.89. The predicted octanol–water partition coefficient (Wildman–Crippen LogP) is 2.71. The molecular weight excluding hydrogens is 120 g/mol. The van der Waals surface area contributed by atoms with E-state index in [-0.39, 0.29) is 0 Å². The molecule has 0 heteroatoms. The lowest BCUT2D eigenvalue weighted by molar-refractivity contribution is 1.23. The molecule has 0 atom stereocenters. The van der Waals surface area contributed by atoms with Crippen molar-refractivity contribution in [3.63, 3.8) is 0 Å². The van der Waals surface area contributed by atoms with Gasteiger partial charge >= 0.3 is 0 Å². The van der Waals surface area contributed by atoms with E-state index in [1.54, 1.807) is 0 Å². The van der Waals surface area contributed by atoms with Crippen LogP contribution < -0.4 is 0 Å². The second-order valence-electron chi connectivity index (χ2n) is 2.05. The summed E-state index contributed by atoms with van der Waals surface area (Å²) in [6.07, 6.45) is 5.24. The lowest BCUT2D eigenvalue weighted by Gasteiger charge is -1.87. The third-order valence-corrected chi connectivity index (χ3v) is 1.20. The second-order valence-corrected chi connectivity index (χ2v) is 2.05. The molecular formula is C10H10. The molecule has 0 nitrogen and oxygen atoms in total. The molecule has 0 saturated heterocycles. The minimum absolute atomic E-state index is 1.07. The molecule has 0 N–H and O–H groups in total. The van der Waals surface area contributed by atoms with Crippen molar-refractivity contribution >= 4 is 6.08 Å². The van der Waals surface area contributed by atoms with Crippen LogP contribution in [0, 0.1) is 12.1 Å². The summed E-state index contributed by atoms with van der Waals surface area (Å²) in [5.41, 5.74) is 1.10. The van der Waals surface area contributed by atoms with Crippen molar-refractivity contribution in [2.24, 2.45) is 0 Å². The Kier molecular flexibility index (Phi) is 2.75. The quantitative estimate of drug-likeness (QED) is 0.577. The van der Waals surface area contributed by atoms with E-state index >= 15 is 0 Å². The molecule has 50 valence electrons. The van der Waals surface area contributed by atoms with Crippen LogP contribution in [0.5, 0.6) is 0 Å². The van der Waals surface area contributed by atoms with E-state index in [1.165, 1.54) is 0 Å². The monoisotopic (exact) mass is 130 g/mol. The van der Waals surface area contributed by atoms with Crippen LogP contribution >= 0.6 is 0 Å². The lowest BCUT2D eigenvalue weighted by atomic mass is 10.2. The fraction of sp³-hybridized carbons (Fsp3) is 0.200. The van der Waals surface area contributed by atoms with Gasteiger partial charge in [-0.25, -0.2) is 0 Å². The van der Waals surface area contributed by atoms with Crippen LogP contribution in [0.2, 0.25) is 0 Å². The Morgan fingerprint density at radius 1 is 1.50 bits per heavy atom. The van der Waals surface area contributed by atoms with Crippen molar-refractivity contribution in [1.29, 1.82) is 0 Å². The number of allylic oxidation sites excluding steroid dienone is 1. The van der Waals surface area contributed by atoms with Crippen LogP contribution in [0.25, 0.3) is 6.08 Å². The molecule has 1 rings (SSSR count). The summed E-state index contributed by atoms with van der Waals surface area (Å²) in [6, 6.07) is 11.7. The van der Waals surface area contributed by atoms with Crippen molar-refractivity contribution in [2.45, 2.75) is 13.3 Å². The van der Waals surface area contributed by atoms with E-state index < -0.39 is 0 Å². The molecule has 0 fully saturated rings. The van der Waals surface area contributed by atoms with Crippen LogP contribution in [-0.2, 0) is 0 Å². The first kappa shape index (κ1) is 7.07. The first-order valence-corrected chi connectivity index (χ1v) is 3.48. The van der Waals surface area contributed by atoms with Gasteiger partial charge in [-0.15, -0.1) is 0 Å². The third kappa shape index (κ3) is 2.06. The summed E-state index contributed by atoms with van der Waals surface area (Å²) in [4.78, 5) is 0. The van der Waals surface area contributed by atoms with Crippen LogP contribution in [0.15, 0.2) is 24.3 Å². The Morgan fingerprint density at radius 2 is 2.40 bits per heavy atom.